The van der Waals surface area contributed by atoms with Crippen molar-refractivity contribution in [1.82, 2.24) is 0 Å². The first-order chi connectivity index (χ1) is 6.86. The predicted octanol–water partition coefficient (Wildman–Crippen LogP) is -1.36. The average molecular weight is 221 g/mol. The highest BCUT2D eigenvalue weighted by Gasteiger charge is 2.45. The zero-order chi connectivity index (χ0) is 12.1. The summed E-state index contributed by atoms with van der Waals surface area (Å²) in [5, 5.41) is 26.4. The Hall–Kier alpha value is -1.18. The first kappa shape index (κ1) is 13.8. The molecule has 2 unspecified atom stereocenters. The van der Waals surface area contributed by atoms with Crippen molar-refractivity contribution < 1.29 is 29.6 Å². The summed E-state index contributed by atoms with van der Waals surface area (Å²) >= 11 is 0. The normalized spacial score (nSPS) is 16.7. The summed E-state index contributed by atoms with van der Waals surface area (Å²) < 4.78 is 4.68. The van der Waals surface area contributed by atoms with Crippen LogP contribution in [0.15, 0.2) is 0 Å². The Balaban J connectivity index is 4.59. The Morgan fingerprint density at radius 2 is 2.00 bits per heavy atom. The van der Waals surface area contributed by atoms with E-state index < -0.39 is 23.6 Å². The third-order valence-electron chi connectivity index (χ3n) is 2.06. The number of nitrogens with two attached hydrogens (primary N) is 1. The van der Waals surface area contributed by atoms with Crippen LogP contribution in [0.5, 0.6) is 0 Å². The van der Waals surface area contributed by atoms with E-state index >= 15 is 0 Å². The Labute approximate surface area is 86.5 Å². The number of rotatable bonds is 7. The van der Waals surface area contributed by atoms with Gasteiger partial charge in [0.2, 0.25) is 0 Å². The van der Waals surface area contributed by atoms with Crippen molar-refractivity contribution in [3.63, 3.8) is 0 Å². The quantitative estimate of drug-likeness (QED) is 0.390. The van der Waals surface area contributed by atoms with E-state index in [0.717, 1.165) is 0 Å². The molecule has 0 amide bonds. The van der Waals surface area contributed by atoms with Crippen LogP contribution in [-0.2, 0) is 14.3 Å². The zero-order valence-electron chi connectivity index (χ0n) is 8.34. The molecule has 0 saturated carbocycles. The van der Waals surface area contributed by atoms with Crippen LogP contribution >= 0.6 is 0 Å². The molecule has 5 N–H and O–H groups in total. The summed E-state index contributed by atoms with van der Waals surface area (Å²) in [4.78, 5) is 21.2. The van der Waals surface area contributed by atoms with Gasteiger partial charge in [0.25, 0.3) is 0 Å². The van der Waals surface area contributed by atoms with Crippen LogP contribution in [0.4, 0.5) is 0 Å². The van der Waals surface area contributed by atoms with Gasteiger partial charge in [0, 0.05) is 13.7 Å². The molecule has 15 heavy (non-hydrogen) atoms. The Bertz CT molecular complexity index is 243. The van der Waals surface area contributed by atoms with Gasteiger partial charge in [-0.2, -0.15) is 0 Å². The van der Waals surface area contributed by atoms with Gasteiger partial charge >= 0.3 is 11.9 Å². The fourth-order valence-corrected chi connectivity index (χ4v) is 1.09. The molecule has 0 aromatic rings. The van der Waals surface area contributed by atoms with Crippen LogP contribution in [-0.4, -0.2) is 52.6 Å². The van der Waals surface area contributed by atoms with E-state index in [9.17, 15) is 9.59 Å². The van der Waals surface area contributed by atoms with Gasteiger partial charge in [0.1, 0.15) is 0 Å². The van der Waals surface area contributed by atoms with Crippen molar-refractivity contribution in [3.8, 4) is 0 Å². The van der Waals surface area contributed by atoms with E-state index in [2.05, 4.69) is 4.74 Å². The van der Waals surface area contributed by atoms with E-state index in [1.54, 1.807) is 0 Å². The number of hydrogen-bond acceptors (Lipinski definition) is 5. The lowest BCUT2D eigenvalue weighted by atomic mass is 9.88. The van der Waals surface area contributed by atoms with E-state index in [1.165, 1.54) is 7.11 Å². The minimum absolute atomic E-state index is 0.177. The molecule has 0 aromatic carbocycles. The maximum atomic E-state index is 10.8. The lowest BCUT2D eigenvalue weighted by Crippen LogP contribution is -2.60. The molecule has 0 rings (SSSR count). The van der Waals surface area contributed by atoms with E-state index in [1.807, 2.05) is 0 Å². The van der Waals surface area contributed by atoms with Crippen LogP contribution in [0.3, 0.4) is 0 Å². The third kappa shape index (κ3) is 3.46. The largest absolute Gasteiger partial charge is 0.480 e. The monoisotopic (exact) mass is 221 g/mol. The molecule has 0 radical (unpaired) electrons. The average Bonchev–Trinajstić information content (AvgIpc) is 2.16. The van der Waals surface area contributed by atoms with Crippen LogP contribution in [0, 0.1) is 0 Å². The second-order valence-corrected chi connectivity index (χ2v) is 3.18. The number of aliphatic carboxylic acids is 2. The number of methoxy groups -OCH3 is 1. The highest BCUT2D eigenvalue weighted by molar-refractivity contribution is 5.88. The smallest absolute Gasteiger partial charge is 0.335 e. The predicted molar refractivity (Wildman–Crippen MR) is 49.3 cm³/mol. The maximum Gasteiger partial charge on any atom is 0.335 e. The molecule has 7 nitrogen and oxygen atoms in total. The fourth-order valence-electron chi connectivity index (χ4n) is 1.09. The van der Waals surface area contributed by atoms with Crippen molar-refractivity contribution >= 4 is 11.9 Å². The number of aliphatic hydroxyl groups excluding tert-OH is 1. The van der Waals surface area contributed by atoms with Gasteiger partial charge in [0.05, 0.1) is 0 Å². The number of ether oxygens (including phenoxy) is 1. The Kier molecular flexibility index (Phi) is 5.20. The van der Waals surface area contributed by atoms with Crippen molar-refractivity contribution in [3.05, 3.63) is 0 Å². The van der Waals surface area contributed by atoms with Gasteiger partial charge in [-0.3, -0.25) is 4.79 Å². The van der Waals surface area contributed by atoms with Crippen LogP contribution < -0.4 is 5.73 Å². The van der Waals surface area contributed by atoms with Gasteiger partial charge in [-0.15, -0.1) is 0 Å². The second-order valence-electron chi connectivity index (χ2n) is 3.18. The molecule has 0 fully saturated rings. The van der Waals surface area contributed by atoms with Gasteiger partial charge in [-0.05, 0) is 12.8 Å². The van der Waals surface area contributed by atoms with Gasteiger partial charge in [-0.1, -0.05) is 0 Å². The molecule has 0 heterocycles. The molecule has 0 saturated heterocycles. The van der Waals surface area contributed by atoms with Gasteiger partial charge in [-0.25, -0.2) is 4.79 Å². The summed E-state index contributed by atoms with van der Waals surface area (Å²) in [7, 11) is 1.42. The molecule has 88 valence electrons. The van der Waals surface area contributed by atoms with Crippen LogP contribution in [0.25, 0.3) is 0 Å². The Morgan fingerprint density at radius 1 is 1.47 bits per heavy atom. The highest BCUT2D eigenvalue weighted by atomic mass is 16.5. The molecule has 0 spiro atoms. The molecule has 0 aliphatic carbocycles. The van der Waals surface area contributed by atoms with Crippen molar-refractivity contribution in [2.24, 2.45) is 5.73 Å². The molecule has 0 aliphatic heterocycles. The lowest BCUT2D eigenvalue weighted by Gasteiger charge is -2.27. The molecule has 2 atom stereocenters. The van der Waals surface area contributed by atoms with E-state index in [4.69, 9.17) is 21.1 Å². The maximum absolute atomic E-state index is 10.8. The molecule has 0 bridgehead atoms. The van der Waals surface area contributed by atoms with Crippen molar-refractivity contribution in [1.29, 1.82) is 0 Å². The first-order valence-electron chi connectivity index (χ1n) is 4.28. The fraction of sp³-hybridized carbons (Fsp3) is 0.750. The second kappa shape index (κ2) is 5.64. The highest BCUT2D eigenvalue weighted by Crippen LogP contribution is 2.16. The minimum Gasteiger partial charge on any atom is -0.480 e. The molecular weight excluding hydrogens is 206 g/mol. The summed E-state index contributed by atoms with van der Waals surface area (Å²) in [5.41, 5.74) is 3.16. The number of carboxylic acid groups (broad SMARTS) is 2. The van der Waals surface area contributed by atoms with E-state index in [0.29, 0.717) is 0 Å². The van der Waals surface area contributed by atoms with Crippen LogP contribution in [0.2, 0.25) is 0 Å². The number of aliphatic hydroxyl groups is 1. The summed E-state index contributed by atoms with van der Waals surface area (Å²) in [6.45, 7) is 0.249. The molecule has 0 aliphatic rings. The standard InChI is InChI=1S/C8H15NO6/c1-15-4-2-3-8(9,7(13)14)5(10)6(11)12/h5,10H,2-4,9H2,1H3,(H,11,12)(H,13,14). The summed E-state index contributed by atoms with van der Waals surface area (Å²) in [5.74, 6) is -3.20. The lowest BCUT2D eigenvalue weighted by molar-refractivity contribution is -0.162. The molecule has 0 aromatic heterocycles. The summed E-state index contributed by atoms with van der Waals surface area (Å²) in [6, 6.07) is 0. The third-order valence-corrected chi connectivity index (χ3v) is 2.06. The Morgan fingerprint density at radius 3 is 2.33 bits per heavy atom. The molecular formula is C8H15NO6. The summed E-state index contributed by atoms with van der Waals surface area (Å²) in [6.07, 6.45) is -2.06. The SMILES string of the molecule is COCCCC(N)(C(=O)O)C(O)C(=O)O. The number of carbonyl (C=O) groups is 2. The van der Waals surface area contributed by atoms with Crippen molar-refractivity contribution in [2.45, 2.75) is 24.5 Å². The van der Waals surface area contributed by atoms with E-state index in [-0.39, 0.29) is 19.4 Å². The van der Waals surface area contributed by atoms with Gasteiger partial charge < -0.3 is 25.8 Å². The minimum atomic E-state index is -2.18. The van der Waals surface area contributed by atoms with Crippen molar-refractivity contribution in [2.75, 3.05) is 13.7 Å². The van der Waals surface area contributed by atoms with Crippen LogP contribution in [0.1, 0.15) is 12.8 Å². The number of carboxylic acids is 2. The number of hydrogen-bond donors (Lipinski definition) is 4. The first-order valence-corrected chi connectivity index (χ1v) is 4.28. The molecule has 7 heteroatoms. The topological polar surface area (TPSA) is 130 Å². The zero-order valence-corrected chi connectivity index (χ0v) is 8.34. The van der Waals surface area contributed by atoms with Gasteiger partial charge in [0.15, 0.2) is 11.6 Å².